The maximum absolute atomic E-state index is 11.0. The van der Waals surface area contributed by atoms with E-state index in [-0.39, 0.29) is 10.6 Å². The number of non-ortho nitro benzene ring substituents is 1. The molecule has 9 heteroatoms. The van der Waals surface area contributed by atoms with E-state index in [0.717, 1.165) is 46.8 Å². The number of morpholine rings is 1. The third kappa shape index (κ3) is 4.79. The molecule has 3 aromatic rings. The van der Waals surface area contributed by atoms with E-state index in [1.165, 1.54) is 16.8 Å². The van der Waals surface area contributed by atoms with Crippen molar-refractivity contribution in [2.75, 3.05) is 31.7 Å². The normalized spacial score (nSPS) is 18.1. The van der Waals surface area contributed by atoms with E-state index in [1.54, 1.807) is 35.6 Å². The summed E-state index contributed by atoms with van der Waals surface area (Å²) in [5, 5.41) is 16.2. The molecule has 2 heterocycles. The van der Waals surface area contributed by atoms with Gasteiger partial charge in [0.2, 0.25) is 5.13 Å². The maximum atomic E-state index is 11.0. The number of allylic oxidation sites excluding steroid dienone is 2. The molecule has 1 aliphatic heterocycles. The van der Waals surface area contributed by atoms with Crippen LogP contribution in [0.4, 0.5) is 10.8 Å². The molecule has 0 saturated carbocycles. The fraction of sp³-hybridized carbons (Fsp3) is 0.250. The summed E-state index contributed by atoms with van der Waals surface area (Å²) in [6.45, 7) is 3.05. The van der Waals surface area contributed by atoms with Crippen molar-refractivity contribution in [1.82, 2.24) is 9.88 Å². The number of nitrogens with one attached hydrogen (secondary N) is 1. The summed E-state index contributed by atoms with van der Waals surface area (Å²) in [5.41, 5.74) is 8.66. The lowest BCUT2D eigenvalue weighted by Crippen LogP contribution is -2.36. The molecule has 0 bridgehead atoms. The van der Waals surface area contributed by atoms with Gasteiger partial charge >= 0.3 is 0 Å². The van der Waals surface area contributed by atoms with Gasteiger partial charge in [-0.2, -0.15) is 5.10 Å². The third-order valence-electron chi connectivity index (χ3n) is 5.72. The largest absolute Gasteiger partial charge is 0.378 e. The molecule has 168 valence electrons. The second-order valence-electron chi connectivity index (χ2n) is 7.85. The van der Waals surface area contributed by atoms with Gasteiger partial charge in [0.05, 0.1) is 34.6 Å². The van der Waals surface area contributed by atoms with Crippen molar-refractivity contribution in [2.24, 2.45) is 5.10 Å². The highest BCUT2D eigenvalue weighted by atomic mass is 32.1. The first kappa shape index (κ1) is 21.3. The molecule has 5 rings (SSSR count). The number of rotatable bonds is 6. The Labute approximate surface area is 195 Å². The van der Waals surface area contributed by atoms with Gasteiger partial charge in [0, 0.05) is 30.9 Å². The highest BCUT2D eigenvalue weighted by Crippen LogP contribution is 2.35. The van der Waals surface area contributed by atoms with Crippen LogP contribution < -0.4 is 5.43 Å². The molecular formula is C24H23N5O3S. The number of hydrogen-bond acceptors (Lipinski definition) is 8. The first-order valence-electron chi connectivity index (χ1n) is 10.8. The van der Waals surface area contributed by atoms with Gasteiger partial charge in [0.15, 0.2) is 0 Å². The number of aromatic nitrogens is 1. The second-order valence-corrected chi connectivity index (χ2v) is 8.88. The lowest BCUT2D eigenvalue weighted by atomic mass is 10.1. The summed E-state index contributed by atoms with van der Waals surface area (Å²) in [4.78, 5) is 17.5. The molecule has 1 aliphatic carbocycles. The van der Waals surface area contributed by atoms with Gasteiger partial charge in [0.1, 0.15) is 0 Å². The Balaban J connectivity index is 1.40. The van der Waals surface area contributed by atoms with E-state index in [0.29, 0.717) is 13.2 Å². The number of nitro benzene ring substituents is 1. The number of anilines is 1. The van der Waals surface area contributed by atoms with Gasteiger partial charge in [0.25, 0.3) is 5.69 Å². The zero-order valence-electron chi connectivity index (χ0n) is 17.9. The van der Waals surface area contributed by atoms with Gasteiger partial charge in [-0.1, -0.05) is 23.5 Å². The van der Waals surface area contributed by atoms with Crippen LogP contribution in [0.1, 0.15) is 18.4 Å². The monoisotopic (exact) mass is 461 g/mol. The number of fused-ring (bicyclic) bond motifs is 1. The Kier molecular flexibility index (Phi) is 6.14. The van der Waals surface area contributed by atoms with Crippen molar-refractivity contribution in [2.45, 2.75) is 12.8 Å². The average molecular weight is 462 g/mol. The van der Waals surface area contributed by atoms with Crippen LogP contribution in [0.25, 0.3) is 16.3 Å². The standard InChI is InChI=1S/C24H23N5O3S/c30-29(31)20-9-5-17(6-10-20)15-18-7-8-19(23(18)28-11-13-32-14-12-28)16-25-27-24-26-21-3-1-2-4-22(21)33-24/h1-6,9-10,15-16H,7-8,11-14H2,(H,26,27)/b18-15+,25-16-. The molecule has 1 N–H and O–H groups in total. The zero-order valence-corrected chi connectivity index (χ0v) is 18.8. The molecule has 2 aliphatic rings. The van der Waals surface area contributed by atoms with Gasteiger partial charge in [-0.3, -0.25) is 15.5 Å². The van der Waals surface area contributed by atoms with Crippen LogP contribution in [0.15, 0.2) is 70.5 Å². The number of para-hydroxylation sites is 1. The molecular weight excluding hydrogens is 438 g/mol. The maximum Gasteiger partial charge on any atom is 0.269 e. The minimum atomic E-state index is -0.376. The average Bonchev–Trinajstić information content (AvgIpc) is 3.43. The first-order chi connectivity index (χ1) is 16.2. The lowest BCUT2D eigenvalue weighted by Gasteiger charge is -2.31. The second kappa shape index (κ2) is 9.51. The van der Waals surface area contributed by atoms with Crippen LogP contribution in [0.3, 0.4) is 0 Å². The van der Waals surface area contributed by atoms with Crippen molar-refractivity contribution in [3.63, 3.8) is 0 Å². The molecule has 1 fully saturated rings. The molecule has 33 heavy (non-hydrogen) atoms. The van der Waals surface area contributed by atoms with Crippen LogP contribution >= 0.6 is 11.3 Å². The Bertz CT molecular complexity index is 1220. The van der Waals surface area contributed by atoms with Gasteiger partial charge < -0.3 is 9.64 Å². The Morgan fingerprint density at radius 3 is 2.67 bits per heavy atom. The van der Waals surface area contributed by atoms with Crippen molar-refractivity contribution in [1.29, 1.82) is 0 Å². The predicted octanol–water partition coefficient (Wildman–Crippen LogP) is 5.07. The van der Waals surface area contributed by atoms with Crippen LogP contribution in [0, 0.1) is 10.1 Å². The molecule has 0 spiro atoms. The van der Waals surface area contributed by atoms with Crippen LogP contribution in [-0.4, -0.2) is 47.3 Å². The molecule has 0 unspecified atom stereocenters. The number of benzene rings is 2. The van der Waals surface area contributed by atoms with Gasteiger partial charge in [-0.05, 0) is 59.9 Å². The highest BCUT2D eigenvalue weighted by molar-refractivity contribution is 7.22. The van der Waals surface area contributed by atoms with Crippen LogP contribution in [0.5, 0.6) is 0 Å². The summed E-state index contributed by atoms with van der Waals surface area (Å²) in [6, 6.07) is 14.7. The minimum absolute atomic E-state index is 0.0984. The number of nitro groups is 1. The van der Waals surface area contributed by atoms with Crippen molar-refractivity contribution >= 4 is 44.7 Å². The SMILES string of the molecule is O=[N+]([O-])c1ccc(/C=C2\CCC(/C=N\Nc3nc4ccccc4s3)=C2N2CCOCC2)cc1. The summed E-state index contributed by atoms with van der Waals surface area (Å²) < 4.78 is 6.67. The summed E-state index contributed by atoms with van der Waals surface area (Å²) >= 11 is 1.58. The van der Waals surface area contributed by atoms with E-state index in [1.807, 2.05) is 30.5 Å². The van der Waals surface area contributed by atoms with Gasteiger partial charge in [-0.15, -0.1) is 0 Å². The third-order valence-corrected chi connectivity index (χ3v) is 6.66. The highest BCUT2D eigenvalue weighted by Gasteiger charge is 2.25. The molecule has 0 radical (unpaired) electrons. The van der Waals surface area contributed by atoms with Crippen molar-refractivity contribution < 1.29 is 9.66 Å². The number of ether oxygens (including phenoxy) is 1. The van der Waals surface area contributed by atoms with Crippen molar-refractivity contribution in [3.8, 4) is 0 Å². The van der Waals surface area contributed by atoms with E-state index in [2.05, 4.69) is 26.5 Å². The summed E-state index contributed by atoms with van der Waals surface area (Å²) in [5.74, 6) is 0. The van der Waals surface area contributed by atoms with E-state index < -0.39 is 0 Å². The van der Waals surface area contributed by atoms with Gasteiger partial charge in [-0.25, -0.2) is 4.98 Å². The smallest absolute Gasteiger partial charge is 0.269 e. The molecule has 2 aromatic carbocycles. The first-order valence-corrected chi connectivity index (χ1v) is 11.6. The minimum Gasteiger partial charge on any atom is -0.378 e. The van der Waals surface area contributed by atoms with Crippen molar-refractivity contribution in [3.05, 3.63) is 81.1 Å². The fourth-order valence-corrected chi connectivity index (χ4v) is 4.97. The number of hydrazone groups is 1. The Morgan fingerprint density at radius 1 is 1.12 bits per heavy atom. The van der Waals surface area contributed by atoms with Crippen LogP contribution in [-0.2, 0) is 4.74 Å². The van der Waals surface area contributed by atoms with E-state index in [9.17, 15) is 10.1 Å². The lowest BCUT2D eigenvalue weighted by molar-refractivity contribution is -0.384. The number of nitrogens with zero attached hydrogens (tertiary/aromatic N) is 4. The Morgan fingerprint density at radius 2 is 1.91 bits per heavy atom. The molecule has 8 nitrogen and oxygen atoms in total. The number of thiazole rings is 1. The molecule has 0 atom stereocenters. The van der Waals surface area contributed by atoms with Crippen LogP contribution in [0.2, 0.25) is 0 Å². The molecule has 0 amide bonds. The topological polar surface area (TPSA) is 92.9 Å². The summed E-state index contributed by atoms with van der Waals surface area (Å²) in [6.07, 6.45) is 5.80. The quantitative estimate of drug-likeness (QED) is 0.313. The predicted molar refractivity (Wildman–Crippen MR) is 131 cm³/mol. The number of hydrogen-bond donors (Lipinski definition) is 1. The summed E-state index contributed by atoms with van der Waals surface area (Å²) in [7, 11) is 0. The zero-order chi connectivity index (χ0) is 22.6. The fourth-order valence-electron chi connectivity index (χ4n) is 4.15. The Hall–Kier alpha value is -3.56. The van der Waals surface area contributed by atoms with E-state index in [4.69, 9.17) is 4.74 Å². The molecule has 1 saturated heterocycles. The van der Waals surface area contributed by atoms with E-state index >= 15 is 0 Å². The molecule has 1 aromatic heterocycles.